The molecule has 0 aliphatic heterocycles. The lowest BCUT2D eigenvalue weighted by Crippen LogP contribution is -2.15. The van der Waals surface area contributed by atoms with E-state index in [1.165, 1.54) is 0 Å². The van der Waals surface area contributed by atoms with E-state index in [-0.39, 0.29) is 5.78 Å². The molecule has 0 saturated carbocycles. The number of hydrogen-bond acceptors (Lipinski definition) is 2. The molecule has 1 unspecified atom stereocenters. The number of aldehydes is 1. The monoisotopic (exact) mass is 182 g/mol. The van der Waals surface area contributed by atoms with Crippen LogP contribution in [0.25, 0.3) is 0 Å². The van der Waals surface area contributed by atoms with Crippen LogP contribution in [0.15, 0.2) is 30.3 Å². The molecule has 0 aromatic heterocycles. The van der Waals surface area contributed by atoms with E-state index in [1.807, 2.05) is 0 Å². The second-order valence-corrected chi connectivity index (χ2v) is 2.74. The van der Waals surface area contributed by atoms with Crippen molar-refractivity contribution in [2.24, 2.45) is 0 Å². The van der Waals surface area contributed by atoms with E-state index >= 15 is 0 Å². The first kappa shape index (κ1) is 8.94. The van der Waals surface area contributed by atoms with Gasteiger partial charge < -0.3 is 4.79 Å². The molecule has 0 aliphatic carbocycles. The van der Waals surface area contributed by atoms with E-state index < -0.39 is 5.38 Å². The molecule has 1 rings (SSSR count). The van der Waals surface area contributed by atoms with Gasteiger partial charge in [-0.25, -0.2) is 0 Å². The van der Waals surface area contributed by atoms with Crippen molar-refractivity contribution in [3.05, 3.63) is 35.9 Å². The number of benzene rings is 1. The topological polar surface area (TPSA) is 34.1 Å². The fourth-order valence-electron chi connectivity index (χ4n) is 0.823. The van der Waals surface area contributed by atoms with Gasteiger partial charge in [-0.05, 0) is 0 Å². The fourth-order valence-corrected chi connectivity index (χ4v) is 0.949. The molecule has 1 aromatic rings. The zero-order valence-electron chi connectivity index (χ0n) is 6.24. The van der Waals surface area contributed by atoms with Crippen molar-refractivity contribution < 1.29 is 9.59 Å². The van der Waals surface area contributed by atoms with Crippen molar-refractivity contribution >= 4 is 23.7 Å². The molecule has 2 nitrogen and oxygen atoms in total. The van der Waals surface area contributed by atoms with Gasteiger partial charge in [-0.3, -0.25) is 4.79 Å². The van der Waals surface area contributed by atoms with Crippen molar-refractivity contribution in [2.45, 2.75) is 5.38 Å². The summed E-state index contributed by atoms with van der Waals surface area (Å²) in [7, 11) is 0. The van der Waals surface area contributed by atoms with Gasteiger partial charge in [0.15, 0.2) is 11.2 Å². The normalized spacial score (nSPS) is 12.1. The Balaban J connectivity index is 2.85. The second-order valence-electron chi connectivity index (χ2n) is 2.27. The Kier molecular flexibility index (Phi) is 3.00. The smallest absolute Gasteiger partial charge is 0.187 e. The van der Waals surface area contributed by atoms with Gasteiger partial charge in [0, 0.05) is 5.56 Å². The molecule has 0 amide bonds. The van der Waals surface area contributed by atoms with Crippen LogP contribution < -0.4 is 0 Å². The van der Waals surface area contributed by atoms with E-state index in [9.17, 15) is 9.59 Å². The van der Waals surface area contributed by atoms with Crippen LogP contribution in [0.3, 0.4) is 0 Å². The summed E-state index contributed by atoms with van der Waals surface area (Å²) in [6.07, 6.45) is 0.427. The molecule has 0 fully saturated rings. The SMILES string of the molecule is O=CC(Cl)C(=O)c1ccccc1. The molecule has 12 heavy (non-hydrogen) atoms. The van der Waals surface area contributed by atoms with E-state index in [2.05, 4.69) is 0 Å². The maximum atomic E-state index is 11.2. The third kappa shape index (κ3) is 1.92. The summed E-state index contributed by atoms with van der Waals surface area (Å²) in [6.45, 7) is 0. The quantitative estimate of drug-likeness (QED) is 0.309. The van der Waals surface area contributed by atoms with Gasteiger partial charge in [-0.15, -0.1) is 11.6 Å². The predicted octanol–water partition coefficient (Wildman–Crippen LogP) is 1.68. The van der Waals surface area contributed by atoms with Crippen molar-refractivity contribution in [2.75, 3.05) is 0 Å². The molecule has 0 saturated heterocycles. The van der Waals surface area contributed by atoms with Gasteiger partial charge in [-0.2, -0.15) is 0 Å². The van der Waals surface area contributed by atoms with Gasteiger partial charge in [0.1, 0.15) is 6.29 Å². The Hall–Kier alpha value is -1.15. The molecule has 3 heteroatoms. The standard InChI is InChI=1S/C9H7ClO2/c10-8(6-11)9(12)7-4-2-1-3-5-7/h1-6,8H. The maximum Gasteiger partial charge on any atom is 0.187 e. The molecule has 0 N–H and O–H groups in total. The van der Waals surface area contributed by atoms with Crippen molar-refractivity contribution in [3.63, 3.8) is 0 Å². The highest BCUT2D eigenvalue weighted by Crippen LogP contribution is 2.05. The van der Waals surface area contributed by atoms with Crippen LogP contribution in [-0.4, -0.2) is 17.4 Å². The van der Waals surface area contributed by atoms with E-state index in [4.69, 9.17) is 11.6 Å². The summed E-state index contributed by atoms with van der Waals surface area (Å²) >= 11 is 5.43. The molecule has 1 atom stereocenters. The summed E-state index contributed by atoms with van der Waals surface area (Å²) in [5.74, 6) is -0.354. The Morgan fingerprint density at radius 2 is 1.92 bits per heavy atom. The zero-order valence-corrected chi connectivity index (χ0v) is 6.99. The van der Waals surface area contributed by atoms with Crippen molar-refractivity contribution in [1.82, 2.24) is 0 Å². The van der Waals surface area contributed by atoms with Crippen LogP contribution in [0.5, 0.6) is 0 Å². The molecular weight excluding hydrogens is 176 g/mol. The van der Waals surface area contributed by atoms with Crippen molar-refractivity contribution in [3.8, 4) is 0 Å². The number of carbonyl (C=O) groups excluding carboxylic acids is 2. The highest BCUT2D eigenvalue weighted by atomic mass is 35.5. The Bertz CT molecular complexity index is 282. The molecule has 62 valence electrons. The van der Waals surface area contributed by atoms with Crippen molar-refractivity contribution in [1.29, 1.82) is 0 Å². The molecule has 0 heterocycles. The lowest BCUT2D eigenvalue weighted by Gasteiger charge is -1.99. The van der Waals surface area contributed by atoms with Crippen LogP contribution in [0, 0.1) is 0 Å². The molecule has 1 aromatic carbocycles. The predicted molar refractivity (Wildman–Crippen MR) is 46.5 cm³/mol. The average molecular weight is 183 g/mol. The first-order chi connectivity index (χ1) is 5.75. The minimum atomic E-state index is -1.06. The lowest BCUT2D eigenvalue weighted by atomic mass is 10.1. The molecular formula is C9H7ClO2. The Labute approximate surface area is 75.2 Å². The second kappa shape index (κ2) is 4.02. The van der Waals surface area contributed by atoms with Crippen LogP contribution in [0.2, 0.25) is 0 Å². The number of ketones is 1. The van der Waals surface area contributed by atoms with Gasteiger partial charge in [-0.1, -0.05) is 30.3 Å². The number of halogens is 1. The third-order valence-corrected chi connectivity index (χ3v) is 1.73. The summed E-state index contributed by atoms with van der Waals surface area (Å²) in [6, 6.07) is 8.49. The minimum Gasteiger partial charge on any atom is -0.301 e. The van der Waals surface area contributed by atoms with E-state index in [1.54, 1.807) is 30.3 Å². The van der Waals surface area contributed by atoms with Crippen LogP contribution >= 0.6 is 11.6 Å². The summed E-state index contributed by atoms with van der Waals surface area (Å²) in [5, 5.41) is -1.06. The van der Waals surface area contributed by atoms with Crippen LogP contribution in [0.1, 0.15) is 10.4 Å². The number of hydrogen-bond donors (Lipinski definition) is 0. The number of carbonyl (C=O) groups is 2. The largest absolute Gasteiger partial charge is 0.301 e. The summed E-state index contributed by atoms with van der Waals surface area (Å²) < 4.78 is 0. The zero-order chi connectivity index (χ0) is 8.97. The Morgan fingerprint density at radius 1 is 1.33 bits per heavy atom. The first-order valence-electron chi connectivity index (χ1n) is 3.44. The fraction of sp³-hybridized carbons (Fsp3) is 0.111. The third-order valence-electron chi connectivity index (χ3n) is 1.43. The Morgan fingerprint density at radius 3 is 2.42 bits per heavy atom. The lowest BCUT2D eigenvalue weighted by molar-refractivity contribution is -0.106. The first-order valence-corrected chi connectivity index (χ1v) is 3.88. The van der Waals surface area contributed by atoms with Crippen LogP contribution in [0.4, 0.5) is 0 Å². The maximum absolute atomic E-state index is 11.2. The highest BCUT2D eigenvalue weighted by molar-refractivity contribution is 6.41. The number of Topliss-reactive ketones (excluding diaryl/α,β-unsaturated/α-hetero) is 1. The molecule has 0 spiro atoms. The van der Waals surface area contributed by atoms with Gasteiger partial charge in [0.25, 0.3) is 0 Å². The van der Waals surface area contributed by atoms with Crippen LogP contribution in [-0.2, 0) is 4.79 Å². The summed E-state index contributed by atoms with van der Waals surface area (Å²) in [5.41, 5.74) is 0.463. The van der Waals surface area contributed by atoms with E-state index in [0.717, 1.165) is 0 Å². The molecule has 0 bridgehead atoms. The van der Waals surface area contributed by atoms with Gasteiger partial charge in [0.2, 0.25) is 0 Å². The summed E-state index contributed by atoms with van der Waals surface area (Å²) in [4.78, 5) is 21.4. The highest BCUT2D eigenvalue weighted by Gasteiger charge is 2.14. The minimum absolute atomic E-state index is 0.354. The average Bonchev–Trinajstić information content (AvgIpc) is 2.17. The van der Waals surface area contributed by atoms with Gasteiger partial charge in [0.05, 0.1) is 0 Å². The molecule has 0 radical (unpaired) electrons. The number of alkyl halides is 1. The van der Waals surface area contributed by atoms with Gasteiger partial charge >= 0.3 is 0 Å². The number of rotatable bonds is 3. The molecule has 0 aliphatic rings. The van der Waals surface area contributed by atoms with E-state index in [0.29, 0.717) is 11.8 Å².